The molecule has 2 aromatic carbocycles. The molecule has 4 nitrogen and oxygen atoms in total. The van der Waals surface area contributed by atoms with E-state index in [0.717, 1.165) is 10.9 Å². The fourth-order valence-electron chi connectivity index (χ4n) is 3.61. The van der Waals surface area contributed by atoms with Crippen LogP contribution < -0.4 is 10.9 Å². The third-order valence-electron chi connectivity index (χ3n) is 5.20. The van der Waals surface area contributed by atoms with Gasteiger partial charge in [0.05, 0.1) is 4.88 Å². The molecule has 0 saturated heterocycles. The number of hydrogen-bond donors (Lipinski definition) is 2. The van der Waals surface area contributed by atoms with E-state index in [-0.39, 0.29) is 11.8 Å². The molecular formula is C24H24NO3S+. The molecule has 1 atom stereocenters. The van der Waals surface area contributed by atoms with E-state index in [1.807, 2.05) is 0 Å². The first-order valence-corrected chi connectivity index (χ1v) is 10.6. The lowest BCUT2D eigenvalue weighted by Gasteiger charge is -2.16. The maximum atomic E-state index is 12.0. The molecule has 29 heavy (non-hydrogen) atoms. The molecule has 4 aromatic rings. The van der Waals surface area contributed by atoms with Crippen molar-refractivity contribution in [3.05, 3.63) is 98.0 Å². The van der Waals surface area contributed by atoms with Gasteiger partial charge in [0, 0.05) is 28.6 Å². The molecule has 4 rings (SSSR count). The zero-order valence-electron chi connectivity index (χ0n) is 16.5. The number of benzene rings is 2. The number of nitrogens with two attached hydrogens (primary N) is 1. The van der Waals surface area contributed by atoms with Crippen molar-refractivity contribution in [1.82, 2.24) is 0 Å². The van der Waals surface area contributed by atoms with Crippen molar-refractivity contribution in [2.75, 3.05) is 0 Å². The largest absolute Gasteiger partial charge is 0.508 e. The molecule has 2 heterocycles. The molecule has 0 unspecified atom stereocenters. The lowest BCUT2D eigenvalue weighted by molar-refractivity contribution is -0.701. The van der Waals surface area contributed by atoms with Crippen molar-refractivity contribution in [2.45, 2.75) is 32.4 Å². The van der Waals surface area contributed by atoms with E-state index in [4.69, 9.17) is 4.42 Å². The van der Waals surface area contributed by atoms with Crippen molar-refractivity contribution in [1.29, 1.82) is 0 Å². The summed E-state index contributed by atoms with van der Waals surface area (Å²) in [4.78, 5) is 13.3. The summed E-state index contributed by atoms with van der Waals surface area (Å²) in [6.07, 6.45) is 0. The van der Waals surface area contributed by atoms with E-state index in [2.05, 4.69) is 60.9 Å². The van der Waals surface area contributed by atoms with Crippen LogP contribution in [0.1, 0.15) is 47.4 Å². The second kappa shape index (κ2) is 8.23. The summed E-state index contributed by atoms with van der Waals surface area (Å²) >= 11 is 1.74. The van der Waals surface area contributed by atoms with Crippen molar-refractivity contribution in [2.24, 2.45) is 0 Å². The summed E-state index contributed by atoms with van der Waals surface area (Å²) in [6, 6.07) is 19.6. The number of phenolic OH excluding ortho intramolecular Hbond substituents is 1. The van der Waals surface area contributed by atoms with Crippen LogP contribution in [-0.2, 0) is 6.54 Å². The minimum atomic E-state index is -0.402. The summed E-state index contributed by atoms with van der Waals surface area (Å²) in [5.41, 5.74) is 3.47. The van der Waals surface area contributed by atoms with Crippen LogP contribution in [0.2, 0.25) is 0 Å². The Morgan fingerprint density at radius 3 is 2.48 bits per heavy atom. The van der Waals surface area contributed by atoms with Gasteiger partial charge in [-0.2, -0.15) is 0 Å². The third-order valence-corrected chi connectivity index (χ3v) is 6.15. The number of aromatic hydroxyl groups is 1. The molecule has 0 saturated carbocycles. The molecule has 0 amide bonds. The fourth-order valence-corrected chi connectivity index (χ4v) is 4.46. The summed E-state index contributed by atoms with van der Waals surface area (Å²) in [5, 5.41) is 14.9. The topological polar surface area (TPSA) is 67.0 Å². The number of hydrogen-bond acceptors (Lipinski definition) is 4. The van der Waals surface area contributed by atoms with E-state index < -0.39 is 5.63 Å². The first-order chi connectivity index (χ1) is 14.0. The Labute approximate surface area is 173 Å². The highest BCUT2D eigenvalue weighted by molar-refractivity contribution is 7.10. The number of phenols is 1. The van der Waals surface area contributed by atoms with Crippen molar-refractivity contribution >= 4 is 22.3 Å². The van der Waals surface area contributed by atoms with Crippen LogP contribution in [-0.4, -0.2) is 5.11 Å². The third kappa shape index (κ3) is 4.26. The van der Waals surface area contributed by atoms with Gasteiger partial charge in [0.25, 0.3) is 0 Å². The number of thiophene rings is 1. The van der Waals surface area contributed by atoms with Gasteiger partial charge in [-0.05, 0) is 35.1 Å². The van der Waals surface area contributed by atoms with Crippen LogP contribution in [0.4, 0.5) is 0 Å². The summed E-state index contributed by atoms with van der Waals surface area (Å²) < 4.78 is 5.25. The van der Waals surface area contributed by atoms with E-state index in [1.165, 1.54) is 22.1 Å². The molecule has 0 bridgehead atoms. The van der Waals surface area contributed by atoms with E-state index in [1.54, 1.807) is 29.5 Å². The van der Waals surface area contributed by atoms with Gasteiger partial charge in [-0.1, -0.05) is 44.2 Å². The van der Waals surface area contributed by atoms with Crippen molar-refractivity contribution < 1.29 is 14.8 Å². The van der Waals surface area contributed by atoms with Crippen LogP contribution in [0.3, 0.4) is 0 Å². The molecule has 148 valence electrons. The molecule has 0 aliphatic carbocycles. The molecular weight excluding hydrogens is 382 g/mol. The molecule has 5 heteroatoms. The number of quaternary nitrogens is 1. The minimum absolute atomic E-state index is 0.0866. The predicted octanol–water partition coefficient (Wildman–Crippen LogP) is 4.54. The Hall–Kier alpha value is -2.89. The number of rotatable bonds is 6. The average molecular weight is 407 g/mol. The Bertz CT molecular complexity index is 1160. The SMILES string of the molecule is CC(C)c1ccc([C@@H]([NH2+]Cc2cc(=O)oc3cc(O)ccc23)c2cccs2)cc1. The minimum Gasteiger partial charge on any atom is -0.508 e. The maximum absolute atomic E-state index is 12.0. The van der Waals surface area contributed by atoms with Gasteiger partial charge >= 0.3 is 5.63 Å². The molecule has 0 spiro atoms. The van der Waals surface area contributed by atoms with Crippen LogP contribution in [0, 0.1) is 0 Å². The zero-order valence-corrected chi connectivity index (χ0v) is 17.3. The smallest absolute Gasteiger partial charge is 0.336 e. The fraction of sp³-hybridized carbons (Fsp3) is 0.208. The van der Waals surface area contributed by atoms with Gasteiger partial charge in [0.2, 0.25) is 0 Å². The lowest BCUT2D eigenvalue weighted by Crippen LogP contribution is -2.83. The number of fused-ring (bicyclic) bond motifs is 1. The highest BCUT2D eigenvalue weighted by atomic mass is 32.1. The van der Waals surface area contributed by atoms with Gasteiger partial charge in [0.15, 0.2) is 0 Å². The molecule has 0 radical (unpaired) electrons. The van der Waals surface area contributed by atoms with Gasteiger partial charge in [-0.3, -0.25) is 0 Å². The molecule has 3 N–H and O–H groups in total. The Morgan fingerprint density at radius 2 is 1.79 bits per heavy atom. The highest BCUT2D eigenvalue weighted by Gasteiger charge is 2.20. The second-order valence-electron chi connectivity index (χ2n) is 7.53. The standard InChI is InChI=1S/C24H23NO3S/c1-15(2)16-5-7-17(8-6-16)24(22-4-3-11-29-22)25-14-18-12-23(27)28-21-13-19(26)9-10-20(18)21/h3-13,15,24-26H,14H2,1-2H3/p+1/t24-/m1/s1. The second-order valence-corrected chi connectivity index (χ2v) is 8.50. The molecule has 0 fully saturated rings. The summed E-state index contributed by atoms with van der Waals surface area (Å²) in [7, 11) is 0. The normalized spacial score (nSPS) is 12.5. The predicted molar refractivity (Wildman–Crippen MR) is 116 cm³/mol. The van der Waals surface area contributed by atoms with Crippen molar-refractivity contribution in [3.8, 4) is 5.75 Å². The maximum Gasteiger partial charge on any atom is 0.336 e. The van der Waals surface area contributed by atoms with Crippen LogP contribution in [0.25, 0.3) is 11.0 Å². The summed E-state index contributed by atoms with van der Waals surface area (Å²) in [5.74, 6) is 0.586. The van der Waals surface area contributed by atoms with Crippen molar-refractivity contribution in [3.63, 3.8) is 0 Å². The van der Waals surface area contributed by atoms with Gasteiger partial charge in [0.1, 0.15) is 23.9 Å². The van der Waals surface area contributed by atoms with E-state index >= 15 is 0 Å². The zero-order chi connectivity index (χ0) is 20.4. The lowest BCUT2D eigenvalue weighted by atomic mass is 9.98. The Morgan fingerprint density at radius 1 is 1.03 bits per heavy atom. The molecule has 0 aliphatic heterocycles. The highest BCUT2D eigenvalue weighted by Crippen LogP contribution is 2.26. The Kier molecular flexibility index (Phi) is 5.51. The van der Waals surface area contributed by atoms with Gasteiger partial charge in [-0.15, -0.1) is 11.3 Å². The quantitative estimate of drug-likeness (QED) is 0.462. The monoisotopic (exact) mass is 406 g/mol. The van der Waals surface area contributed by atoms with E-state index in [0.29, 0.717) is 18.0 Å². The Balaban J connectivity index is 1.66. The molecule has 0 aliphatic rings. The first-order valence-electron chi connectivity index (χ1n) is 9.73. The average Bonchev–Trinajstić information content (AvgIpc) is 3.22. The van der Waals surface area contributed by atoms with Gasteiger partial charge in [-0.25, -0.2) is 4.79 Å². The van der Waals surface area contributed by atoms with Crippen LogP contribution >= 0.6 is 11.3 Å². The van der Waals surface area contributed by atoms with Gasteiger partial charge < -0.3 is 14.8 Å². The first kappa shape index (κ1) is 19.4. The van der Waals surface area contributed by atoms with Crippen LogP contribution in [0.15, 0.2) is 75.3 Å². The molecule has 2 aromatic heterocycles. The van der Waals surface area contributed by atoms with E-state index in [9.17, 15) is 9.90 Å². The summed E-state index contributed by atoms with van der Waals surface area (Å²) in [6.45, 7) is 5.02. The van der Waals surface area contributed by atoms with Crippen LogP contribution in [0.5, 0.6) is 5.75 Å².